The molecule has 18 heavy (non-hydrogen) atoms. The fourth-order valence-corrected chi connectivity index (χ4v) is 1.40. The number of hydrogen-bond donors (Lipinski definition) is 0. The monoisotopic (exact) mass is 248 g/mol. The van der Waals surface area contributed by atoms with Gasteiger partial charge >= 0.3 is 5.97 Å². The molecule has 0 unspecified atom stereocenters. The molecule has 0 radical (unpaired) electrons. The molecule has 2 aromatic heterocycles. The van der Waals surface area contributed by atoms with Crippen molar-refractivity contribution in [3.8, 4) is 5.82 Å². The Kier molecular flexibility index (Phi) is 3.22. The minimum atomic E-state index is -0.475. The maximum atomic E-state index is 11.8. The van der Waals surface area contributed by atoms with E-state index in [0.717, 1.165) is 0 Å². The zero-order chi connectivity index (χ0) is 13.1. The maximum Gasteiger partial charge on any atom is 0.341 e. The quantitative estimate of drug-likeness (QED) is 0.722. The van der Waals surface area contributed by atoms with Crippen LogP contribution in [0.25, 0.3) is 5.82 Å². The number of ether oxygens (including phenoxy) is 1. The van der Waals surface area contributed by atoms with Crippen LogP contribution in [0.4, 0.5) is 0 Å². The topological polar surface area (TPSA) is 79.0 Å². The highest BCUT2D eigenvalue weighted by atomic mass is 16.5. The number of esters is 1. The summed E-state index contributed by atoms with van der Waals surface area (Å²) >= 11 is 0. The molecular weight excluding hydrogens is 236 g/mol. The highest BCUT2D eigenvalue weighted by Crippen LogP contribution is 2.03. The molecule has 2 rings (SSSR count). The van der Waals surface area contributed by atoms with E-state index >= 15 is 0 Å². The van der Waals surface area contributed by atoms with Gasteiger partial charge < -0.3 is 9.30 Å². The second-order valence-electron chi connectivity index (χ2n) is 3.56. The molecule has 0 aromatic carbocycles. The molecule has 0 saturated carbocycles. The largest absolute Gasteiger partial charge is 0.462 e. The van der Waals surface area contributed by atoms with Crippen LogP contribution in [0.3, 0.4) is 0 Å². The molecule has 0 saturated heterocycles. The van der Waals surface area contributed by atoms with Crippen LogP contribution in [-0.4, -0.2) is 31.9 Å². The van der Waals surface area contributed by atoms with E-state index in [1.54, 1.807) is 20.2 Å². The Morgan fingerprint density at radius 3 is 3.00 bits per heavy atom. The van der Waals surface area contributed by atoms with Crippen molar-refractivity contribution < 1.29 is 9.53 Å². The molecule has 0 spiro atoms. The average Bonchev–Trinajstić information content (AvgIpc) is 2.82. The van der Waals surface area contributed by atoms with E-state index in [1.807, 2.05) is 0 Å². The lowest BCUT2D eigenvalue weighted by Gasteiger charge is -2.01. The average molecular weight is 248 g/mol. The van der Waals surface area contributed by atoms with Crippen molar-refractivity contribution in [1.82, 2.24) is 19.3 Å². The smallest absolute Gasteiger partial charge is 0.341 e. The van der Waals surface area contributed by atoms with E-state index in [0.29, 0.717) is 0 Å². The summed E-state index contributed by atoms with van der Waals surface area (Å²) in [5.41, 5.74) is -0.0134. The molecular formula is C11H12N4O3. The third-order valence-corrected chi connectivity index (χ3v) is 2.31. The Hall–Kier alpha value is -2.44. The molecule has 0 aliphatic carbocycles. The molecule has 94 valence electrons. The van der Waals surface area contributed by atoms with Crippen molar-refractivity contribution in [1.29, 1.82) is 0 Å². The molecule has 0 bridgehead atoms. The summed E-state index contributed by atoms with van der Waals surface area (Å²) in [7, 11) is 1.61. The minimum Gasteiger partial charge on any atom is -0.462 e. The predicted octanol–water partition coefficient (Wildman–Crippen LogP) is 0.143. The normalized spacial score (nSPS) is 10.3. The maximum absolute atomic E-state index is 11.8. The zero-order valence-corrected chi connectivity index (χ0v) is 10.0. The van der Waals surface area contributed by atoms with E-state index in [-0.39, 0.29) is 23.5 Å². The van der Waals surface area contributed by atoms with Gasteiger partial charge in [0.25, 0.3) is 5.56 Å². The molecule has 0 N–H and O–H groups in total. The molecule has 0 amide bonds. The first-order chi connectivity index (χ1) is 8.63. The molecule has 2 aromatic rings. The summed E-state index contributed by atoms with van der Waals surface area (Å²) in [5.74, 6) is -0.341. The van der Waals surface area contributed by atoms with Crippen LogP contribution in [0.1, 0.15) is 17.3 Å². The lowest BCUT2D eigenvalue weighted by atomic mass is 10.4. The lowest BCUT2D eigenvalue weighted by Crippen LogP contribution is -2.23. The first-order valence-electron chi connectivity index (χ1n) is 5.37. The van der Waals surface area contributed by atoms with Gasteiger partial charge in [-0.2, -0.15) is 5.10 Å². The lowest BCUT2D eigenvalue weighted by molar-refractivity contribution is 0.0526. The third-order valence-electron chi connectivity index (χ3n) is 2.31. The molecule has 0 fully saturated rings. The molecule has 7 heteroatoms. The van der Waals surface area contributed by atoms with Gasteiger partial charge in [0.2, 0.25) is 5.82 Å². The summed E-state index contributed by atoms with van der Waals surface area (Å²) in [6.45, 7) is 2.01. The van der Waals surface area contributed by atoms with Gasteiger partial charge in [0.1, 0.15) is 0 Å². The highest BCUT2D eigenvalue weighted by molar-refractivity contribution is 5.88. The van der Waals surface area contributed by atoms with E-state index in [1.165, 1.54) is 27.8 Å². The Labute approximate surface area is 103 Å². The highest BCUT2D eigenvalue weighted by Gasteiger charge is 2.12. The van der Waals surface area contributed by atoms with Crippen LogP contribution in [0, 0.1) is 0 Å². The molecule has 0 aliphatic rings. The van der Waals surface area contributed by atoms with Gasteiger partial charge in [0.05, 0.1) is 18.4 Å². The van der Waals surface area contributed by atoms with Crippen LogP contribution in [0.2, 0.25) is 0 Å². The van der Waals surface area contributed by atoms with Crippen molar-refractivity contribution in [3.05, 3.63) is 40.7 Å². The molecule has 7 nitrogen and oxygen atoms in total. The van der Waals surface area contributed by atoms with Crippen molar-refractivity contribution in [2.75, 3.05) is 6.61 Å². The van der Waals surface area contributed by atoms with E-state index in [9.17, 15) is 9.59 Å². The van der Waals surface area contributed by atoms with E-state index in [4.69, 9.17) is 4.74 Å². The van der Waals surface area contributed by atoms with Crippen molar-refractivity contribution in [2.45, 2.75) is 6.92 Å². The van der Waals surface area contributed by atoms with Gasteiger partial charge in [-0.3, -0.25) is 4.79 Å². The van der Waals surface area contributed by atoms with Gasteiger partial charge in [0.15, 0.2) is 0 Å². The van der Waals surface area contributed by atoms with Crippen LogP contribution >= 0.6 is 0 Å². The first-order valence-corrected chi connectivity index (χ1v) is 5.37. The summed E-state index contributed by atoms with van der Waals surface area (Å²) in [6, 6.07) is 0. The summed E-state index contributed by atoms with van der Waals surface area (Å²) in [4.78, 5) is 27.2. The van der Waals surface area contributed by atoms with Gasteiger partial charge in [-0.25, -0.2) is 14.5 Å². The number of hydrogen-bond acceptors (Lipinski definition) is 5. The number of carbonyl (C=O) groups is 1. The van der Waals surface area contributed by atoms with Gasteiger partial charge in [0, 0.05) is 25.6 Å². The second-order valence-corrected chi connectivity index (χ2v) is 3.56. The van der Waals surface area contributed by atoms with E-state index < -0.39 is 5.97 Å². The number of rotatable bonds is 3. The van der Waals surface area contributed by atoms with Crippen molar-refractivity contribution in [2.24, 2.45) is 7.05 Å². The van der Waals surface area contributed by atoms with Crippen LogP contribution in [0.15, 0.2) is 29.6 Å². The van der Waals surface area contributed by atoms with Crippen LogP contribution < -0.4 is 5.56 Å². The van der Waals surface area contributed by atoms with Crippen molar-refractivity contribution in [3.63, 3.8) is 0 Å². The summed E-state index contributed by atoms with van der Waals surface area (Å²) in [5, 5.41) is 3.93. The molecule has 2 heterocycles. The van der Waals surface area contributed by atoms with Crippen LogP contribution in [-0.2, 0) is 11.8 Å². The Bertz CT molecular complexity index is 629. The minimum absolute atomic E-state index is 0.135. The second kappa shape index (κ2) is 4.82. The number of nitrogens with zero attached hydrogens (tertiary/aromatic N) is 4. The Morgan fingerprint density at radius 1 is 1.50 bits per heavy atom. The van der Waals surface area contributed by atoms with Gasteiger partial charge in [-0.15, -0.1) is 0 Å². The fraction of sp³-hybridized carbons (Fsp3) is 0.273. The third kappa shape index (κ3) is 2.15. The standard InChI is InChI=1S/C11H12N4O3/c1-3-18-11(17)8-6-13-15(7-8)9-10(16)14(2)5-4-12-9/h4-7H,3H2,1-2H3. The molecule has 0 atom stereocenters. The number of carbonyl (C=O) groups excluding carboxylic acids is 1. The zero-order valence-electron chi connectivity index (χ0n) is 10.0. The van der Waals surface area contributed by atoms with Gasteiger partial charge in [-0.05, 0) is 6.92 Å². The number of aromatic nitrogens is 4. The molecule has 0 aliphatic heterocycles. The van der Waals surface area contributed by atoms with Gasteiger partial charge in [-0.1, -0.05) is 0 Å². The Morgan fingerprint density at radius 2 is 2.28 bits per heavy atom. The van der Waals surface area contributed by atoms with Crippen LogP contribution in [0.5, 0.6) is 0 Å². The SMILES string of the molecule is CCOC(=O)c1cnn(-c2nccn(C)c2=O)c1. The summed E-state index contributed by atoms with van der Waals surface area (Å²) < 4.78 is 7.48. The number of aryl methyl sites for hydroxylation is 1. The fourth-order valence-electron chi connectivity index (χ4n) is 1.40. The van der Waals surface area contributed by atoms with E-state index in [2.05, 4.69) is 10.1 Å². The Balaban J connectivity index is 2.38. The summed E-state index contributed by atoms with van der Waals surface area (Å²) in [6.07, 6.45) is 5.79. The predicted molar refractivity (Wildman–Crippen MR) is 62.6 cm³/mol. The van der Waals surface area contributed by atoms with Crippen molar-refractivity contribution >= 4 is 5.97 Å². The first kappa shape index (κ1) is 12.0.